The molecule has 0 radical (unpaired) electrons. The molecule has 0 fully saturated rings. The van der Waals surface area contributed by atoms with Gasteiger partial charge in [-0.05, 0) is 11.4 Å². The van der Waals surface area contributed by atoms with Crippen LogP contribution >= 0.6 is 11.3 Å². The van der Waals surface area contributed by atoms with E-state index in [-0.39, 0.29) is 6.42 Å². The molecule has 2 rings (SSSR count). The zero-order valence-corrected chi connectivity index (χ0v) is 10.6. The monoisotopic (exact) mass is 280 g/mol. The first kappa shape index (κ1) is 13.1. The van der Waals surface area contributed by atoms with Crippen LogP contribution < -0.4 is 10.6 Å². The Kier molecular flexibility index (Phi) is 4.14. The molecule has 100 valence electrons. The Hall–Kier alpha value is -2.35. The number of thiophene rings is 1. The summed E-state index contributed by atoms with van der Waals surface area (Å²) in [4.78, 5) is 29.3. The number of nitrogens with one attached hydrogen (secondary N) is 3. The van der Waals surface area contributed by atoms with Gasteiger partial charge in [-0.2, -0.15) is 11.3 Å². The van der Waals surface area contributed by atoms with E-state index >= 15 is 0 Å². The van der Waals surface area contributed by atoms with Crippen molar-refractivity contribution in [3.05, 3.63) is 35.0 Å². The average Bonchev–Trinajstić information content (AvgIpc) is 3.00. The van der Waals surface area contributed by atoms with Crippen molar-refractivity contribution in [2.75, 3.05) is 5.32 Å². The molecule has 0 saturated carbocycles. The summed E-state index contributed by atoms with van der Waals surface area (Å²) in [7, 11) is 0. The predicted octanol–water partition coefficient (Wildman–Crippen LogP) is 1.29. The van der Waals surface area contributed by atoms with E-state index in [4.69, 9.17) is 5.11 Å². The number of urea groups is 1. The number of aliphatic carboxylic acids is 1. The molecular formula is C11H12N4O3S. The third-order valence-corrected chi connectivity index (χ3v) is 3.04. The lowest BCUT2D eigenvalue weighted by atomic mass is 10.2. The Labute approximate surface area is 112 Å². The summed E-state index contributed by atoms with van der Waals surface area (Å²) in [6.07, 6.45) is 3.13. The maximum atomic E-state index is 11.6. The van der Waals surface area contributed by atoms with Gasteiger partial charge in [-0.15, -0.1) is 0 Å². The topological polar surface area (TPSA) is 107 Å². The number of carboxylic acids is 1. The standard InChI is InChI=1S/C11H12N4O3S/c16-10(17)9(3-8-4-12-6-13-8)15-11(18)14-7-1-2-19-5-7/h1-2,4-6,9H,3H2,(H,12,13)(H,16,17)(H2,14,15,18)/t9-/m0/s1. The number of hydrogen-bond acceptors (Lipinski definition) is 4. The molecule has 19 heavy (non-hydrogen) atoms. The summed E-state index contributed by atoms with van der Waals surface area (Å²) in [5.74, 6) is -1.10. The predicted molar refractivity (Wildman–Crippen MR) is 70.2 cm³/mol. The number of carboxylic acid groups (broad SMARTS) is 1. The fourth-order valence-electron chi connectivity index (χ4n) is 1.48. The molecule has 8 heteroatoms. The van der Waals surface area contributed by atoms with Gasteiger partial charge in [-0.3, -0.25) is 0 Å². The number of hydrogen-bond donors (Lipinski definition) is 4. The van der Waals surface area contributed by atoms with Crippen molar-refractivity contribution >= 4 is 29.0 Å². The Balaban J connectivity index is 1.93. The summed E-state index contributed by atoms with van der Waals surface area (Å²) in [5.41, 5.74) is 1.27. The van der Waals surface area contributed by atoms with Crippen molar-refractivity contribution in [2.45, 2.75) is 12.5 Å². The largest absolute Gasteiger partial charge is 0.480 e. The molecule has 0 aliphatic carbocycles. The Morgan fingerprint density at radius 2 is 2.37 bits per heavy atom. The molecule has 0 saturated heterocycles. The van der Waals surface area contributed by atoms with Gasteiger partial charge >= 0.3 is 12.0 Å². The number of aromatic amines is 1. The van der Waals surface area contributed by atoms with Crippen LogP contribution in [0.1, 0.15) is 5.69 Å². The number of aromatic nitrogens is 2. The Morgan fingerprint density at radius 3 is 2.95 bits per heavy atom. The SMILES string of the molecule is O=C(Nc1ccsc1)N[C@@H](Cc1cnc[nH]1)C(=O)O. The first-order valence-corrected chi connectivity index (χ1v) is 6.39. The minimum Gasteiger partial charge on any atom is -0.480 e. The normalized spacial score (nSPS) is 11.8. The smallest absolute Gasteiger partial charge is 0.326 e. The molecule has 7 nitrogen and oxygen atoms in total. The lowest BCUT2D eigenvalue weighted by Crippen LogP contribution is -2.44. The lowest BCUT2D eigenvalue weighted by Gasteiger charge is -2.13. The molecule has 0 unspecified atom stereocenters. The number of carbonyl (C=O) groups is 2. The number of H-pyrrole nitrogens is 1. The number of carbonyl (C=O) groups excluding carboxylic acids is 1. The molecule has 0 aliphatic heterocycles. The summed E-state index contributed by atoms with van der Waals surface area (Å²) in [5, 5.41) is 17.6. The van der Waals surface area contributed by atoms with E-state index in [2.05, 4.69) is 20.6 Å². The quantitative estimate of drug-likeness (QED) is 0.662. The maximum absolute atomic E-state index is 11.6. The molecule has 2 aromatic heterocycles. The van der Waals surface area contributed by atoms with Gasteiger partial charge in [0.1, 0.15) is 6.04 Å². The van der Waals surface area contributed by atoms with Crippen LogP contribution in [0.5, 0.6) is 0 Å². The van der Waals surface area contributed by atoms with Crippen molar-refractivity contribution in [1.29, 1.82) is 0 Å². The number of rotatable bonds is 5. The number of imidazole rings is 1. The zero-order chi connectivity index (χ0) is 13.7. The average molecular weight is 280 g/mol. The second kappa shape index (κ2) is 6.01. The van der Waals surface area contributed by atoms with E-state index in [9.17, 15) is 9.59 Å². The van der Waals surface area contributed by atoms with E-state index in [0.717, 1.165) is 0 Å². The van der Waals surface area contributed by atoms with Gasteiger partial charge in [-0.1, -0.05) is 0 Å². The number of nitrogens with zero attached hydrogens (tertiary/aromatic N) is 1. The van der Waals surface area contributed by atoms with Crippen LogP contribution in [0.4, 0.5) is 10.5 Å². The molecule has 0 bridgehead atoms. The molecule has 0 aromatic carbocycles. The van der Waals surface area contributed by atoms with Crippen molar-refractivity contribution in [1.82, 2.24) is 15.3 Å². The van der Waals surface area contributed by atoms with Crippen LogP contribution in [-0.2, 0) is 11.2 Å². The molecule has 4 N–H and O–H groups in total. The number of amides is 2. The van der Waals surface area contributed by atoms with E-state index < -0.39 is 18.0 Å². The summed E-state index contributed by atoms with van der Waals surface area (Å²) in [6.45, 7) is 0. The van der Waals surface area contributed by atoms with E-state index in [1.165, 1.54) is 23.9 Å². The van der Waals surface area contributed by atoms with E-state index in [0.29, 0.717) is 11.4 Å². The third-order valence-electron chi connectivity index (χ3n) is 2.36. The lowest BCUT2D eigenvalue weighted by molar-refractivity contribution is -0.139. The van der Waals surface area contributed by atoms with E-state index in [1.807, 2.05) is 5.38 Å². The highest BCUT2D eigenvalue weighted by Gasteiger charge is 2.21. The van der Waals surface area contributed by atoms with Crippen LogP contribution in [0, 0.1) is 0 Å². The fraction of sp³-hybridized carbons (Fsp3) is 0.182. The molecule has 2 heterocycles. The maximum Gasteiger partial charge on any atom is 0.326 e. The molecule has 0 spiro atoms. The van der Waals surface area contributed by atoms with Crippen molar-refractivity contribution in [2.24, 2.45) is 0 Å². The fourth-order valence-corrected chi connectivity index (χ4v) is 2.07. The second-order valence-corrected chi connectivity index (χ2v) is 4.56. The minimum absolute atomic E-state index is 0.145. The molecule has 0 aliphatic rings. The highest BCUT2D eigenvalue weighted by molar-refractivity contribution is 7.08. The summed E-state index contributed by atoms with van der Waals surface area (Å²) in [6, 6.07) is 0.166. The van der Waals surface area contributed by atoms with Crippen molar-refractivity contribution in [3.63, 3.8) is 0 Å². The van der Waals surface area contributed by atoms with E-state index in [1.54, 1.807) is 11.4 Å². The summed E-state index contributed by atoms with van der Waals surface area (Å²) >= 11 is 1.44. The third kappa shape index (κ3) is 3.81. The minimum atomic E-state index is -1.10. The van der Waals surface area contributed by atoms with Gasteiger partial charge in [-0.25, -0.2) is 14.6 Å². The van der Waals surface area contributed by atoms with Crippen LogP contribution in [-0.4, -0.2) is 33.1 Å². The van der Waals surface area contributed by atoms with Crippen LogP contribution in [0.25, 0.3) is 0 Å². The van der Waals surface area contributed by atoms with Gasteiger partial charge in [0.15, 0.2) is 0 Å². The Morgan fingerprint density at radius 1 is 1.53 bits per heavy atom. The zero-order valence-electron chi connectivity index (χ0n) is 9.79. The van der Waals surface area contributed by atoms with Gasteiger partial charge in [0.25, 0.3) is 0 Å². The van der Waals surface area contributed by atoms with Crippen LogP contribution in [0.15, 0.2) is 29.4 Å². The van der Waals surface area contributed by atoms with Crippen LogP contribution in [0.2, 0.25) is 0 Å². The highest BCUT2D eigenvalue weighted by Crippen LogP contribution is 2.11. The summed E-state index contributed by atoms with van der Waals surface area (Å²) < 4.78 is 0. The van der Waals surface area contributed by atoms with Crippen LogP contribution in [0.3, 0.4) is 0 Å². The molecule has 2 aromatic rings. The Bertz CT molecular complexity index is 538. The first-order valence-electron chi connectivity index (χ1n) is 5.45. The van der Waals surface area contributed by atoms with Gasteiger partial charge < -0.3 is 20.7 Å². The van der Waals surface area contributed by atoms with Gasteiger partial charge in [0, 0.05) is 23.7 Å². The molecule has 1 atom stereocenters. The molecular weight excluding hydrogens is 268 g/mol. The van der Waals surface area contributed by atoms with Gasteiger partial charge in [0.05, 0.1) is 12.0 Å². The number of anilines is 1. The van der Waals surface area contributed by atoms with Gasteiger partial charge in [0.2, 0.25) is 0 Å². The van der Waals surface area contributed by atoms with Crippen molar-refractivity contribution < 1.29 is 14.7 Å². The molecule has 2 amide bonds. The second-order valence-electron chi connectivity index (χ2n) is 3.78. The highest BCUT2D eigenvalue weighted by atomic mass is 32.1. The van der Waals surface area contributed by atoms with Crippen molar-refractivity contribution in [3.8, 4) is 0 Å². The first-order chi connectivity index (χ1) is 9.15.